The molecule has 0 aliphatic carbocycles. The molecule has 0 N–H and O–H groups in total. The van der Waals surface area contributed by atoms with E-state index in [2.05, 4.69) is 0 Å². The first-order chi connectivity index (χ1) is 1.00. The van der Waals surface area contributed by atoms with Crippen LogP contribution in [0.15, 0.2) is 0 Å². The van der Waals surface area contributed by atoms with Crippen molar-refractivity contribution in [1.82, 2.24) is 0 Å². The van der Waals surface area contributed by atoms with Crippen molar-refractivity contribution in [2.75, 3.05) is 0 Å². The third-order valence-corrected chi connectivity index (χ3v) is 0. The topological polar surface area (TPSA) is 17.1 Å². The summed E-state index contributed by atoms with van der Waals surface area (Å²) in [4.78, 5) is 0. The van der Waals surface area contributed by atoms with Crippen molar-refractivity contribution in [2.24, 2.45) is 0 Å². The summed E-state index contributed by atoms with van der Waals surface area (Å²) in [5.74, 6) is 0. The summed E-state index contributed by atoms with van der Waals surface area (Å²) in [6.45, 7) is 0. The van der Waals surface area contributed by atoms with Crippen LogP contribution in [0.3, 0.4) is 0 Å². The minimum absolute atomic E-state index is 0. The molecule has 0 aliphatic heterocycles. The predicted molar refractivity (Wildman–Crippen MR) is 0.686 cm³/mol. The summed E-state index contributed by atoms with van der Waals surface area (Å²) in [5, 5.41) is 0. The van der Waals surface area contributed by atoms with Crippen LogP contribution in [-0.2, 0) is 53.9 Å². The van der Waals surface area contributed by atoms with Gasteiger partial charge < -0.3 is 0 Å². The van der Waals surface area contributed by atoms with Crippen LogP contribution < -0.4 is 0 Å². The van der Waals surface area contributed by atoms with E-state index in [9.17, 15) is 0 Å². The molecule has 0 spiro atoms. The Morgan fingerprint density at radius 1 is 1.25 bits per heavy atom. The fourth-order valence-electron chi connectivity index (χ4n) is 0. The SMILES string of the molecule is [Cr].[Ni].[O]=[Cr]. The van der Waals surface area contributed by atoms with Gasteiger partial charge in [-0.2, -0.15) is 0 Å². The zero-order valence-electron chi connectivity index (χ0n) is 1.54. The van der Waals surface area contributed by atoms with E-state index in [0.29, 0.717) is 0 Å². The molecular formula is Cr2NiO. The average Bonchev–Trinajstić information content (AvgIpc) is 1.00. The van der Waals surface area contributed by atoms with Gasteiger partial charge >= 0.3 is 20.0 Å². The van der Waals surface area contributed by atoms with Crippen molar-refractivity contribution >= 4 is 0 Å². The molecule has 0 saturated carbocycles. The molecule has 4 heavy (non-hydrogen) atoms. The third kappa shape index (κ3) is 10.1. The van der Waals surface area contributed by atoms with Crippen LogP contribution in [0, 0.1) is 0 Å². The zero-order valence-corrected chi connectivity index (χ0v) is 5.08. The molecule has 0 aromatic rings. The standard InChI is InChI=1S/2Cr.Ni.O. The Morgan fingerprint density at radius 2 is 1.25 bits per heavy atom. The average molecular weight is 179 g/mol. The Bertz CT molecular complexity index is 6.00. The van der Waals surface area contributed by atoms with Crippen LogP contribution in [0.2, 0.25) is 0 Å². The first kappa shape index (κ1) is 18.3. The van der Waals surface area contributed by atoms with Crippen molar-refractivity contribution in [3.8, 4) is 0 Å². The van der Waals surface area contributed by atoms with Crippen LogP contribution in [0.4, 0.5) is 0 Å². The van der Waals surface area contributed by atoms with Gasteiger partial charge in [-0.05, 0) is 0 Å². The Morgan fingerprint density at radius 3 is 1.25 bits per heavy atom. The molecule has 0 atom stereocenters. The Balaban J connectivity index is -0.00000000500. The molecule has 0 radical (unpaired) electrons. The molecule has 4 heteroatoms. The summed E-state index contributed by atoms with van der Waals surface area (Å²) in [6, 6.07) is 0. The van der Waals surface area contributed by atoms with E-state index in [4.69, 9.17) is 3.80 Å². The maximum atomic E-state index is 8.12. The molecule has 0 unspecified atom stereocenters. The van der Waals surface area contributed by atoms with Crippen molar-refractivity contribution in [1.29, 1.82) is 0 Å². The molecule has 28 valence electrons. The van der Waals surface area contributed by atoms with Crippen molar-refractivity contribution < 1.29 is 53.9 Å². The number of hydrogen-bond acceptors (Lipinski definition) is 1. The van der Waals surface area contributed by atoms with E-state index in [1.807, 2.05) is 0 Å². The van der Waals surface area contributed by atoms with Crippen LogP contribution >= 0.6 is 0 Å². The molecule has 0 aromatic carbocycles. The molecule has 0 saturated heterocycles. The Labute approximate surface area is 53.8 Å². The molecule has 0 heterocycles. The first-order valence-corrected chi connectivity index (χ1v) is 0.687. The fourth-order valence-corrected chi connectivity index (χ4v) is 0. The van der Waals surface area contributed by atoms with Gasteiger partial charge in [-0.25, -0.2) is 0 Å². The summed E-state index contributed by atoms with van der Waals surface area (Å²) < 4.78 is 8.12. The normalized spacial score (nSPS) is 1.00. The Kier molecular flexibility index (Phi) is 122. The van der Waals surface area contributed by atoms with Crippen LogP contribution in [-0.4, -0.2) is 0 Å². The van der Waals surface area contributed by atoms with Gasteiger partial charge in [0.2, 0.25) is 0 Å². The van der Waals surface area contributed by atoms with E-state index >= 15 is 0 Å². The molecule has 1 nitrogen and oxygen atoms in total. The second-order valence-electron chi connectivity index (χ2n) is 0. The predicted octanol–water partition coefficient (Wildman–Crippen LogP) is -0.126. The van der Waals surface area contributed by atoms with Gasteiger partial charge in [0.05, 0.1) is 0 Å². The molecule has 0 aliphatic rings. The van der Waals surface area contributed by atoms with Gasteiger partial charge in [0.25, 0.3) is 0 Å². The van der Waals surface area contributed by atoms with Gasteiger partial charge in [-0.3, -0.25) is 0 Å². The zero-order chi connectivity index (χ0) is 2.00. The van der Waals surface area contributed by atoms with Crippen molar-refractivity contribution in [2.45, 2.75) is 0 Å². The van der Waals surface area contributed by atoms with Crippen molar-refractivity contribution in [3.63, 3.8) is 0 Å². The number of rotatable bonds is 0. The van der Waals surface area contributed by atoms with Gasteiger partial charge in [-0.15, -0.1) is 0 Å². The van der Waals surface area contributed by atoms with E-state index in [-0.39, 0.29) is 33.9 Å². The molecule has 0 amide bonds. The molecule has 0 aromatic heterocycles. The number of hydrogen-bond donors (Lipinski definition) is 0. The molecule has 0 fully saturated rings. The second-order valence-corrected chi connectivity index (χ2v) is 0. The summed E-state index contributed by atoms with van der Waals surface area (Å²) >= 11 is 1.38. The van der Waals surface area contributed by atoms with Crippen molar-refractivity contribution in [3.05, 3.63) is 0 Å². The fraction of sp³-hybridized carbons (Fsp3) is 0. The quantitative estimate of drug-likeness (QED) is 0.473. The van der Waals surface area contributed by atoms with Crippen LogP contribution in [0.5, 0.6) is 0 Å². The van der Waals surface area contributed by atoms with Gasteiger partial charge in [0.15, 0.2) is 0 Å². The molecule has 0 rings (SSSR count). The first-order valence-electron chi connectivity index (χ1n) is 0.167. The Hall–Kier alpha value is 1.36. The maximum absolute atomic E-state index is 8.12. The van der Waals surface area contributed by atoms with Crippen LogP contribution in [0.25, 0.3) is 0 Å². The van der Waals surface area contributed by atoms with E-state index in [1.54, 1.807) is 0 Å². The van der Waals surface area contributed by atoms with Gasteiger partial charge in [0, 0.05) is 33.9 Å². The second kappa shape index (κ2) is 26.6. The minimum atomic E-state index is 0. The summed E-state index contributed by atoms with van der Waals surface area (Å²) in [5.41, 5.74) is 0. The summed E-state index contributed by atoms with van der Waals surface area (Å²) in [6.07, 6.45) is 0. The van der Waals surface area contributed by atoms with E-state index in [1.165, 1.54) is 16.2 Å². The molecular weight excluding hydrogens is 179 g/mol. The van der Waals surface area contributed by atoms with Crippen LogP contribution in [0.1, 0.15) is 0 Å². The van der Waals surface area contributed by atoms with Gasteiger partial charge in [0.1, 0.15) is 0 Å². The third-order valence-electron chi connectivity index (χ3n) is 0. The van der Waals surface area contributed by atoms with E-state index in [0.717, 1.165) is 0 Å². The monoisotopic (exact) mass is 178 g/mol. The van der Waals surface area contributed by atoms with Gasteiger partial charge in [-0.1, -0.05) is 0 Å². The summed E-state index contributed by atoms with van der Waals surface area (Å²) in [7, 11) is 0. The van der Waals surface area contributed by atoms with E-state index < -0.39 is 0 Å². The molecule has 0 bridgehead atoms.